The van der Waals surface area contributed by atoms with E-state index < -0.39 is 0 Å². The Morgan fingerprint density at radius 3 is 2.68 bits per heavy atom. The van der Waals surface area contributed by atoms with Gasteiger partial charge in [-0.3, -0.25) is 14.6 Å². The van der Waals surface area contributed by atoms with Crippen LogP contribution in [0, 0.1) is 11.3 Å². The molecule has 4 heterocycles. The van der Waals surface area contributed by atoms with Crippen molar-refractivity contribution in [2.24, 2.45) is 0 Å². The summed E-state index contributed by atoms with van der Waals surface area (Å²) in [7, 11) is 0. The largest absolute Gasteiger partial charge is 0.367 e. The maximum Gasteiger partial charge on any atom is 0.253 e. The number of benzene rings is 1. The predicted molar refractivity (Wildman–Crippen MR) is 139 cm³/mol. The van der Waals surface area contributed by atoms with Crippen molar-refractivity contribution in [3.8, 4) is 28.6 Å². The SMILES string of the molecule is CC(=O)N1CCN(c2ccc(-c3cc4c(cn3)CCc3c-4[nH]c4c3C(=O)NCC43CC3)cc2C#N)CC1. The van der Waals surface area contributed by atoms with Crippen molar-refractivity contribution >= 4 is 17.5 Å². The first kappa shape index (κ1) is 22.1. The van der Waals surface area contributed by atoms with Gasteiger partial charge in [-0.15, -0.1) is 0 Å². The molecule has 1 aromatic carbocycles. The molecule has 2 N–H and O–H groups in total. The molecule has 0 atom stereocenters. The van der Waals surface area contributed by atoms with Crippen LogP contribution in [0.1, 0.15) is 52.5 Å². The highest BCUT2D eigenvalue weighted by Gasteiger charge is 2.51. The Kier molecular flexibility index (Phi) is 4.74. The van der Waals surface area contributed by atoms with Crippen LogP contribution >= 0.6 is 0 Å². The number of piperazine rings is 1. The molecule has 186 valence electrons. The lowest BCUT2D eigenvalue weighted by Gasteiger charge is -2.36. The van der Waals surface area contributed by atoms with Crippen LogP contribution < -0.4 is 10.2 Å². The summed E-state index contributed by atoms with van der Waals surface area (Å²) in [5, 5.41) is 13.1. The minimum atomic E-state index is 0.0427. The second-order valence-electron chi connectivity index (χ2n) is 10.8. The molecule has 7 rings (SSSR count). The summed E-state index contributed by atoms with van der Waals surface area (Å²) in [4.78, 5) is 37.0. The fraction of sp³-hybridized carbons (Fsp3) is 0.379. The Balaban J connectivity index is 1.24. The third kappa shape index (κ3) is 3.37. The number of H-pyrrole nitrogens is 1. The molecule has 4 aliphatic rings. The van der Waals surface area contributed by atoms with Crippen molar-refractivity contribution in [2.45, 2.75) is 38.0 Å². The average molecular weight is 493 g/mol. The van der Waals surface area contributed by atoms with E-state index in [-0.39, 0.29) is 17.2 Å². The van der Waals surface area contributed by atoms with Gasteiger partial charge in [0.05, 0.1) is 28.2 Å². The maximum absolute atomic E-state index is 12.8. The van der Waals surface area contributed by atoms with Crippen molar-refractivity contribution in [3.63, 3.8) is 0 Å². The van der Waals surface area contributed by atoms with Crippen LogP contribution in [0.4, 0.5) is 5.69 Å². The molecular weight excluding hydrogens is 464 g/mol. The van der Waals surface area contributed by atoms with E-state index in [2.05, 4.69) is 27.3 Å². The standard InChI is InChI=1S/C29H28N6O2/c1-17(36)34-8-10-35(11-9-34)24-5-3-18(12-20(24)14-30)23-13-22-19(15-31-23)2-4-21-25-27(33-26(21)22)29(6-7-29)16-32-28(25)37/h3,5,12-13,15,33H,2,4,6-11,16H2,1H3,(H,32,37). The topological polar surface area (TPSA) is 105 Å². The second kappa shape index (κ2) is 7.94. The Hall–Kier alpha value is -4.12. The number of aromatic nitrogens is 2. The molecule has 0 unspecified atom stereocenters. The number of aryl methyl sites for hydroxylation is 1. The summed E-state index contributed by atoms with van der Waals surface area (Å²) in [6.45, 7) is 5.06. The van der Waals surface area contributed by atoms with Crippen LogP contribution in [-0.4, -0.2) is 59.4 Å². The molecule has 3 aromatic rings. The number of carbonyl (C=O) groups excluding carboxylic acids is 2. The van der Waals surface area contributed by atoms with Gasteiger partial charge in [0, 0.05) is 68.1 Å². The summed E-state index contributed by atoms with van der Waals surface area (Å²) >= 11 is 0. The van der Waals surface area contributed by atoms with Crippen LogP contribution in [-0.2, 0) is 23.1 Å². The van der Waals surface area contributed by atoms with Gasteiger partial charge < -0.3 is 20.1 Å². The van der Waals surface area contributed by atoms with Gasteiger partial charge in [-0.05, 0) is 55.0 Å². The molecular formula is C29H28N6O2. The van der Waals surface area contributed by atoms with E-state index >= 15 is 0 Å². The van der Waals surface area contributed by atoms with Crippen LogP contribution in [0.2, 0.25) is 0 Å². The quantitative estimate of drug-likeness (QED) is 0.572. The molecule has 2 aromatic heterocycles. The number of rotatable bonds is 2. The fourth-order valence-corrected chi connectivity index (χ4v) is 6.33. The van der Waals surface area contributed by atoms with E-state index in [1.165, 1.54) is 5.56 Å². The lowest BCUT2D eigenvalue weighted by Crippen LogP contribution is -2.48. The number of aromatic amines is 1. The van der Waals surface area contributed by atoms with Crippen molar-refractivity contribution in [3.05, 3.63) is 58.4 Å². The first-order chi connectivity index (χ1) is 18.0. The van der Waals surface area contributed by atoms with Crippen LogP contribution in [0.5, 0.6) is 0 Å². The number of fused-ring (bicyclic) bond motifs is 6. The Morgan fingerprint density at radius 2 is 1.95 bits per heavy atom. The molecule has 2 amide bonds. The summed E-state index contributed by atoms with van der Waals surface area (Å²) < 4.78 is 0. The monoisotopic (exact) mass is 492 g/mol. The fourth-order valence-electron chi connectivity index (χ4n) is 6.33. The Morgan fingerprint density at radius 1 is 1.14 bits per heavy atom. The summed E-state index contributed by atoms with van der Waals surface area (Å²) in [6, 6.07) is 10.4. The van der Waals surface area contributed by atoms with E-state index in [1.807, 2.05) is 29.3 Å². The van der Waals surface area contributed by atoms with E-state index in [1.54, 1.807) is 6.92 Å². The van der Waals surface area contributed by atoms with Crippen LogP contribution in [0.15, 0.2) is 30.5 Å². The number of nitriles is 1. The zero-order chi connectivity index (χ0) is 25.3. The number of anilines is 1. The van der Waals surface area contributed by atoms with Gasteiger partial charge in [-0.25, -0.2) is 0 Å². The van der Waals surface area contributed by atoms with Gasteiger partial charge in [0.2, 0.25) is 5.91 Å². The molecule has 8 nitrogen and oxygen atoms in total. The molecule has 1 saturated carbocycles. The minimum Gasteiger partial charge on any atom is -0.367 e. The predicted octanol–water partition coefficient (Wildman–Crippen LogP) is 3.16. The molecule has 8 heteroatoms. The third-order valence-electron chi connectivity index (χ3n) is 8.68. The molecule has 0 radical (unpaired) electrons. The van der Waals surface area contributed by atoms with E-state index in [4.69, 9.17) is 4.98 Å². The number of hydrogen-bond acceptors (Lipinski definition) is 5. The zero-order valence-corrected chi connectivity index (χ0v) is 20.9. The number of amides is 2. The van der Waals surface area contributed by atoms with Gasteiger partial charge >= 0.3 is 0 Å². The molecule has 37 heavy (non-hydrogen) atoms. The molecule has 2 aliphatic heterocycles. The summed E-state index contributed by atoms with van der Waals surface area (Å²) in [5.74, 6) is 0.133. The van der Waals surface area contributed by atoms with E-state index in [0.717, 1.165) is 77.3 Å². The van der Waals surface area contributed by atoms with Gasteiger partial charge in [0.25, 0.3) is 5.91 Å². The zero-order valence-electron chi connectivity index (χ0n) is 20.9. The lowest BCUT2D eigenvalue weighted by molar-refractivity contribution is -0.129. The maximum atomic E-state index is 12.8. The van der Waals surface area contributed by atoms with Crippen LogP contribution in [0.3, 0.4) is 0 Å². The smallest absolute Gasteiger partial charge is 0.253 e. The highest BCUT2D eigenvalue weighted by molar-refractivity contribution is 6.01. The summed E-state index contributed by atoms with van der Waals surface area (Å²) in [5.41, 5.74) is 9.75. The van der Waals surface area contributed by atoms with Gasteiger partial charge in [0.15, 0.2) is 0 Å². The lowest BCUT2D eigenvalue weighted by atomic mass is 9.86. The van der Waals surface area contributed by atoms with Gasteiger partial charge in [-0.2, -0.15) is 5.26 Å². The number of carbonyl (C=O) groups is 2. The second-order valence-corrected chi connectivity index (χ2v) is 10.8. The van der Waals surface area contributed by atoms with Crippen LogP contribution in [0.25, 0.3) is 22.5 Å². The molecule has 1 saturated heterocycles. The highest BCUT2D eigenvalue weighted by atomic mass is 16.2. The van der Waals surface area contributed by atoms with E-state index in [0.29, 0.717) is 31.7 Å². The molecule has 1 spiro atoms. The van der Waals surface area contributed by atoms with E-state index in [9.17, 15) is 14.9 Å². The normalized spacial score (nSPS) is 19.0. The first-order valence-electron chi connectivity index (χ1n) is 13.1. The summed E-state index contributed by atoms with van der Waals surface area (Å²) in [6.07, 6.45) is 5.86. The molecule has 2 fully saturated rings. The third-order valence-corrected chi connectivity index (χ3v) is 8.68. The van der Waals surface area contributed by atoms with Crippen molar-refractivity contribution in [2.75, 3.05) is 37.6 Å². The number of nitrogens with one attached hydrogen (secondary N) is 2. The number of pyridine rings is 1. The van der Waals surface area contributed by atoms with Gasteiger partial charge in [-0.1, -0.05) is 6.07 Å². The van der Waals surface area contributed by atoms with Crippen molar-refractivity contribution in [1.29, 1.82) is 5.26 Å². The van der Waals surface area contributed by atoms with Gasteiger partial charge in [0.1, 0.15) is 6.07 Å². The Bertz CT molecular complexity index is 1520. The first-order valence-corrected chi connectivity index (χ1v) is 13.1. The van der Waals surface area contributed by atoms with Crippen molar-refractivity contribution in [1.82, 2.24) is 20.2 Å². The van der Waals surface area contributed by atoms with Crippen molar-refractivity contribution < 1.29 is 9.59 Å². The number of nitrogens with zero attached hydrogens (tertiary/aromatic N) is 4. The Labute approximate surface area is 215 Å². The number of hydrogen-bond donors (Lipinski definition) is 2. The molecule has 0 bridgehead atoms. The average Bonchev–Trinajstić information content (AvgIpc) is 3.59. The minimum absolute atomic E-state index is 0.0427. The highest BCUT2D eigenvalue weighted by Crippen LogP contribution is 2.52. The molecule has 2 aliphatic carbocycles.